The monoisotopic (exact) mass is 702 g/mol. The predicted octanol–water partition coefficient (Wildman–Crippen LogP) is 5.34. The van der Waals surface area contributed by atoms with Gasteiger partial charge in [-0.1, -0.05) is 27.7 Å². The molecule has 3 rings (SSSR count). The van der Waals surface area contributed by atoms with Crippen LogP contribution in [0.2, 0.25) is 0 Å². The van der Waals surface area contributed by atoms with Crippen LogP contribution in [0.15, 0.2) is 54.6 Å². The summed E-state index contributed by atoms with van der Waals surface area (Å²) in [5.74, 6) is -2.10. The molecule has 14 heteroatoms. The summed E-state index contributed by atoms with van der Waals surface area (Å²) in [6.07, 6.45) is 0. The molecule has 0 saturated heterocycles. The lowest BCUT2D eigenvalue weighted by Crippen LogP contribution is -2.17. The Morgan fingerprint density at radius 3 is 1.29 bits per heavy atom. The van der Waals surface area contributed by atoms with E-state index in [2.05, 4.69) is 0 Å². The summed E-state index contributed by atoms with van der Waals surface area (Å²) >= 11 is 5.20. The van der Waals surface area contributed by atoms with Crippen molar-refractivity contribution >= 4 is 52.1 Å². The van der Waals surface area contributed by atoms with Gasteiger partial charge >= 0.3 is 23.9 Å². The van der Waals surface area contributed by atoms with Crippen LogP contribution in [0.1, 0.15) is 69.9 Å². The van der Waals surface area contributed by atoms with Crippen LogP contribution in [0.25, 0.3) is 0 Å². The van der Waals surface area contributed by atoms with Crippen LogP contribution in [-0.4, -0.2) is 65.8 Å². The summed E-state index contributed by atoms with van der Waals surface area (Å²) in [4.78, 5) is 56.2. The van der Waals surface area contributed by atoms with E-state index in [-0.39, 0.29) is 72.8 Å². The molecule has 0 aliphatic heterocycles. The van der Waals surface area contributed by atoms with E-state index in [0.717, 1.165) is 11.1 Å². The number of nitrogens with two attached hydrogens (primary N) is 2. The molecule has 0 bridgehead atoms. The fraction of sp³-hybridized carbons (Fsp3) is 0.343. The maximum absolute atomic E-state index is 11.7. The van der Waals surface area contributed by atoms with Crippen molar-refractivity contribution in [3.8, 4) is 11.5 Å². The molecule has 0 unspecified atom stereocenters. The van der Waals surface area contributed by atoms with Gasteiger partial charge in [-0.15, -0.1) is 0 Å². The minimum Gasteiger partial charge on any atom is -0.508 e. The van der Waals surface area contributed by atoms with E-state index in [1.165, 1.54) is 24.3 Å². The Morgan fingerprint density at radius 1 is 0.571 bits per heavy atom. The molecule has 0 aliphatic rings. The number of phenols is 2. The second kappa shape index (κ2) is 20.8. The molecule has 0 atom stereocenters. The molecule has 6 N–H and O–H groups in total. The fourth-order valence-electron chi connectivity index (χ4n) is 3.60. The summed E-state index contributed by atoms with van der Waals surface area (Å²) in [5, 5.41) is 17.9. The highest BCUT2D eigenvalue weighted by Gasteiger charge is 2.12. The quantitative estimate of drug-likeness (QED) is 0.0653. The number of hydrogen-bond donors (Lipinski definition) is 4. The number of anilines is 2. The Hall–Kier alpha value is -5.30. The van der Waals surface area contributed by atoms with Crippen molar-refractivity contribution in [1.29, 1.82) is 0 Å². The molecule has 0 heterocycles. The Balaban J connectivity index is 0.000000381. The molecule has 3 aromatic carbocycles. The molecule has 0 saturated carbocycles. The SMILES string of the molecule is CC(C)C(=O)OCCOC(=O)c1cc(N)cc(N)c1.Cc1cc(O)cc(C(=O)Cl)c1.Cc1cc(O)cc(C(=O)OCCOC(=O)C(C)C)c1. The fourth-order valence-corrected chi connectivity index (χ4v) is 3.71. The summed E-state index contributed by atoms with van der Waals surface area (Å²) in [5.41, 5.74) is 14.4. The molecule has 0 amide bonds. The van der Waals surface area contributed by atoms with Crippen LogP contribution in [0.5, 0.6) is 11.5 Å². The third-order valence-corrected chi connectivity index (χ3v) is 6.08. The topological polar surface area (TPSA) is 215 Å². The van der Waals surface area contributed by atoms with Gasteiger partial charge in [0.2, 0.25) is 0 Å². The van der Waals surface area contributed by atoms with Gasteiger partial charge in [0.05, 0.1) is 23.0 Å². The number of ether oxygens (including phenoxy) is 4. The molecule has 0 spiro atoms. The van der Waals surface area contributed by atoms with Gasteiger partial charge in [-0.05, 0) is 91.2 Å². The van der Waals surface area contributed by atoms with Gasteiger partial charge in [-0.25, -0.2) is 9.59 Å². The van der Waals surface area contributed by atoms with Crippen molar-refractivity contribution in [1.82, 2.24) is 0 Å². The van der Waals surface area contributed by atoms with Gasteiger partial charge < -0.3 is 40.6 Å². The molecule has 49 heavy (non-hydrogen) atoms. The maximum atomic E-state index is 11.7. The highest BCUT2D eigenvalue weighted by Crippen LogP contribution is 2.17. The molecular weight excluding hydrogens is 660 g/mol. The number of aryl methyl sites for hydroxylation is 2. The van der Waals surface area contributed by atoms with Crippen LogP contribution in [0, 0.1) is 25.7 Å². The number of phenolic OH excluding ortho intramolecular Hbond substituents is 2. The molecule has 0 aliphatic carbocycles. The van der Waals surface area contributed by atoms with E-state index >= 15 is 0 Å². The molecule has 3 aromatic rings. The van der Waals surface area contributed by atoms with E-state index in [1.807, 2.05) is 0 Å². The van der Waals surface area contributed by atoms with Crippen LogP contribution in [-0.2, 0) is 28.5 Å². The summed E-state index contributed by atoms with van der Waals surface area (Å²) in [7, 11) is 0. The largest absolute Gasteiger partial charge is 0.508 e. The molecule has 266 valence electrons. The third kappa shape index (κ3) is 16.9. The maximum Gasteiger partial charge on any atom is 0.338 e. The number of nitrogen functional groups attached to an aromatic ring is 2. The second-order valence-corrected chi connectivity index (χ2v) is 11.5. The Morgan fingerprint density at radius 2 is 0.918 bits per heavy atom. The number of esters is 4. The lowest BCUT2D eigenvalue weighted by molar-refractivity contribution is -0.149. The van der Waals surface area contributed by atoms with Gasteiger partial charge in [0, 0.05) is 16.9 Å². The highest BCUT2D eigenvalue weighted by atomic mass is 35.5. The number of rotatable bonds is 11. The minimum atomic E-state index is -0.556. The van der Waals surface area contributed by atoms with Crippen LogP contribution in [0.4, 0.5) is 11.4 Å². The normalized spacial score (nSPS) is 10.1. The molecule has 0 fully saturated rings. The number of benzene rings is 3. The standard InChI is InChI=1S/C14H18O5.C13H18N2O4.C8H7ClO2/c1-9(2)13(16)18-4-5-19-14(17)11-6-10(3)7-12(15)8-11;1-8(2)12(16)18-3-4-19-13(17)9-5-10(14)7-11(15)6-9;1-5-2-6(8(9)11)4-7(10)3-5/h6-9,15H,4-5H2,1-3H3;5-8H,3-4,14-15H2,1-2H3;2-4,10H,1H3. The highest BCUT2D eigenvalue weighted by molar-refractivity contribution is 6.67. The smallest absolute Gasteiger partial charge is 0.338 e. The zero-order chi connectivity index (χ0) is 37.3. The van der Waals surface area contributed by atoms with E-state index in [9.17, 15) is 29.1 Å². The van der Waals surface area contributed by atoms with Gasteiger partial charge in [0.1, 0.15) is 37.9 Å². The van der Waals surface area contributed by atoms with Crippen molar-refractivity contribution < 1.29 is 53.1 Å². The van der Waals surface area contributed by atoms with Gasteiger partial charge in [-0.3, -0.25) is 14.4 Å². The summed E-state index contributed by atoms with van der Waals surface area (Å²) in [6.45, 7) is 10.5. The van der Waals surface area contributed by atoms with Crippen LogP contribution < -0.4 is 11.5 Å². The molecule has 13 nitrogen and oxygen atoms in total. The van der Waals surface area contributed by atoms with Gasteiger partial charge in [0.15, 0.2) is 0 Å². The van der Waals surface area contributed by atoms with Crippen molar-refractivity contribution in [2.75, 3.05) is 37.9 Å². The predicted molar refractivity (Wildman–Crippen MR) is 183 cm³/mol. The number of carbonyl (C=O) groups excluding carboxylic acids is 5. The van der Waals surface area contributed by atoms with Crippen molar-refractivity contribution in [3.63, 3.8) is 0 Å². The lowest BCUT2D eigenvalue weighted by atomic mass is 10.1. The third-order valence-electron chi connectivity index (χ3n) is 5.86. The minimum absolute atomic E-state index is 0.00794. The second-order valence-electron chi connectivity index (χ2n) is 11.2. The zero-order valence-corrected chi connectivity index (χ0v) is 29.0. The number of carbonyl (C=O) groups is 5. The number of halogens is 1. The Bertz CT molecular complexity index is 1460. The first kappa shape index (κ1) is 41.7. The first-order valence-electron chi connectivity index (χ1n) is 15.0. The molecule has 0 radical (unpaired) electrons. The van der Waals surface area contributed by atoms with E-state index in [0.29, 0.717) is 16.9 Å². The van der Waals surface area contributed by atoms with Gasteiger partial charge in [-0.2, -0.15) is 0 Å². The van der Waals surface area contributed by atoms with Gasteiger partial charge in [0.25, 0.3) is 5.24 Å². The summed E-state index contributed by atoms with van der Waals surface area (Å²) < 4.78 is 19.6. The van der Waals surface area contributed by atoms with E-state index < -0.39 is 17.2 Å². The van der Waals surface area contributed by atoms with Crippen molar-refractivity contribution in [3.05, 3.63) is 82.4 Å². The zero-order valence-electron chi connectivity index (χ0n) is 28.3. The number of aromatic hydroxyl groups is 2. The van der Waals surface area contributed by atoms with E-state index in [1.54, 1.807) is 71.9 Å². The van der Waals surface area contributed by atoms with E-state index in [4.69, 9.17) is 47.1 Å². The Labute approximate surface area is 290 Å². The Kier molecular flexibility index (Phi) is 17.7. The lowest BCUT2D eigenvalue weighted by Gasteiger charge is -2.08. The van der Waals surface area contributed by atoms with Crippen molar-refractivity contribution in [2.24, 2.45) is 11.8 Å². The molecular formula is C35H43ClN2O11. The van der Waals surface area contributed by atoms with Crippen LogP contribution in [0.3, 0.4) is 0 Å². The summed E-state index contributed by atoms with van der Waals surface area (Å²) in [6, 6.07) is 13.5. The number of hydrogen-bond acceptors (Lipinski definition) is 13. The first-order chi connectivity index (χ1) is 22.9. The average molecular weight is 703 g/mol. The first-order valence-corrected chi connectivity index (χ1v) is 15.4. The average Bonchev–Trinajstić information content (AvgIpc) is 3.00. The molecule has 0 aromatic heterocycles. The van der Waals surface area contributed by atoms with Crippen LogP contribution >= 0.6 is 11.6 Å². The van der Waals surface area contributed by atoms with Crippen molar-refractivity contribution in [2.45, 2.75) is 41.5 Å².